The smallest absolute Gasteiger partial charge is 0.313 e. The van der Waals surface area contributed by atoms with Gasteiger partial charge in [0.1, 0.15) is 10.6 Å². The highest BCUT2D eigenvalue weighted by Gasteiger charge is 2.06. The van der Waals surface area contributed by atoms with Gasteiger partial charge in [0.15, 0.2) is 0 Å². The van der Waals surface area contributed by atoms with E-state index in [0.717, 1.165) is 11.0 Å². The average molecular weight is 209 g/mol. The maximum atomic E-state index is 10.4. The molecule has 5 heteroatoms. The number of aromatic nitrogens is 1. The molecule has 0 fully saturated rings. The van der Waals surface area contributed by atoms with E-state index in [9.17, 15) is 4.79 Å². The Morgan fingerprint density at radius 3 is 3.21 bits per heavy atom. The van der Waals surface area contributed by atoms with Gasteiger partial charge in [-0.3, -0.25) is 4.79 Å². The minimum Gasteiger partial charge on any atom is -0.481 e. The summed E-state index contributed by atoms with van der Waals surface area (Å²) < 4.78 is 5.16. The number of thioether (sulfide) groups is 1. The van der Waals surface area contributed by atoms with Gasteiger partial charge < -0.3 is 9.52 Å². The van der Waals surface area contributed by atoms with Gasteiger partial charge in [0.05, 0.1) is 17.4 Å². The van der Waals surface area contributed by atoms with Crippen LogP contribution in [0, 0.1) is 0 Å². The molecule has 0 aromatic carbocycles. The summed E-state index contributed by atoms with van der Waals surface area (Å²) in [5, 5.41) is 10.1. The van der Waals surface area contributed by atoms with Crippen molar-refractivity contribution in [2.24, 2.45) is 0 Å². The molecule has 0 aliphatic rings. The predicted octanol–water partition coefficient (Wildman–Crippen LogP) is 2.00. The molecule has 0 bridgehead atoms. The van der Waals surface area contributed by atoms with E-state index in [4.69, 9.17) is 9.52 Å². The zero-order valence-electron chi connectivity index (χ0n) is 7.14. The van der Waals surface area contributed by atoms with E-state index in [2.05, 4.69) is 4.98 Å². The summed E-state index contributed by atoms with van der Waals surface area (Å²) in [4.78, 5) is 14.5. The largest absolute Gasteiger partial charge is 0.481 e. The molecular weight excluding hydrogens is 202 g/mol. The highest BCUT2D eigenvalue weighted by Crippen LogP contribution is 2.25. The second kappa shape index (κ2) is 3.71. The van der Waals surface area contributed by atoms with Gasteiger partial charge in [-0.05, 0) is 12.1 Å². The zero-order valence-corrected chi connectivity index (χ0v) is 7.95. The molecule has 0 aliphatic carbocycles. The molecule has 0 amide bonds. The van der Waals surface area contributed by atoms with Gasteiger partial charge >= 0.3 is 5.97 Å². The summed E-state index contributed by atoms with van der Waals surface area (Å²) in [5.74, 6) is -0.839. The number of pyridine rings is 1. The van der Waals surface area contributed by atoms with E-state index in [1.807, 2.05) is 0 Å². The first-order valence-electron chi connectivity index (χ1n) is 3.94. The van der Waals surface area contributed by atoms with Gasteiger partial charge in [0.2, 0.25) is 0 Å². The zero-order chi connectivity index (χ0) is 9.97. The molecule has 0 spiro atoms. The molecule has 0 unspecified atom stereocenters. The van der Waals surface area contributed by atoms with Crippen molar-refractivity contribution in [1.29, 1.82) is 0 Å². The summed E-state index contributed by atoms with van der Waals surface area (Å²) in [6, 6.07) is 3.53. The van der Waals surface area contributed by atoms with Crippen molar-refractivity contribution in [3.8, 4) is 0 Å². The van der Waals surface area contributed by atoms with Gasteiger partial charge in [0.25, 0.3) is 0 Å². The molecule has 2 aromatic heterocycles. The lowest BCUT2D eigenvalue weighted by Crippen LogP contribution is -1.98. The standard InChI is InChI=1S/C9H7NO3S/c11-8(12)5-14-9-6-2-4-13-7(6)1-3-10-9/h1-4H,5H2,(H,11,12). The van der Waals surface area contributed by atoms with Crippen molar-refractivity contribution < 1.29 is 14.3 Å². The number of carboxylic acids is 1. The maximum absolute atomic E-state index is 10.4. The van der Waals surface area contributed by atoms with Gasteiger partial charge in [-0.15, -0.1) is 0 Å². The van der Waals surface area contributed by atoms with E-state index in [1.165, 1.54) is 11.8 Å². The summed E-state index contributed by atoms with van der Waals surface area (Å²) >= 11 is 1.19. The average Bonchev–Trinajstić information content (AvgIpc) is 2.62. The second-order valence-corrected chi connectivity index (χ2v) is 3.59. The third-order valence-corrected chi connectivity index (χ3v) is 2.67. The molecule has 2 aromatic rings. The highest BCUT2D eigenvalue weighted by molar-refractivity contribution is 8.00. The number of aliphatic carboxylic acids is 1. The third-order valence-electron chi connectivity index (χ3n) is 1.68. The van der Waals surface area contributed by atoms with E-state index in [-0.39, 0.29) is 5.75 Å². The number of nitrogens with zero attached hydrogens (tertiary/aromatic N) is 1. The first-order valence-corrected chi connectivity index (χ1v) is 4.93. The fraction of sp³-hybridized carbons (Fsp3) is 0.111. The molecule has 14 heavy (non-hydrogen) atoms. The van der Waals surface area contributed by atoms with Crippen LogP contribution in [-0.4, -0.2) is 21.8 Å². The molecule has 0 aliphatic heterocycles. The van der Waals surface area contributed by atoms with Crippen LogP contribution in [0.25, 0.3) is 11.0 Å². The highest BCUT2D eigenvalue weighted by atomic mass is 32.2. The van der Waals surface area contributed by atoms with Crippen LogP contribution in [0.15, 0.2) is 34.0 Å². The van der Waals surface area contributed by atoms with Crippen LogP contribution in [0.1, 0.15) is 0 Å². The van der Waals surface area contributed by atoms with Crippen LogP contribution in [0.2, 0.25) is 0 Å². The number of hydrogen-bond acceptors (Lipinski definition) is 4. The second-order valence-electron chi connectivity index (χ2n) is 2.63. The maximum Gasteiger partial charge on any atom is 0.313 e. The first kappa shape index (κ1) is 9.08. The van der Waals surface area contributed by atoms with Gasteiger partial charge in [0, 0.05) is 6.20 Å². The van der Waals surface area contributed by atoms with E-state index < -0.39 is 5.97 Å². The van der Waals surface area contributed by atoms with E-state index in [0.29, 0.717) is 5.03 Å². The lowest BCUT2D eigenvalue weighted by Gasteiger charge is -1.97. The van der Waals surface area contributed by atoms with Crippen LogP contribution in [0.4, 0.5) is 0 Å². The Balaban J connectivity index is 2.32. The first-order chi connectivity index (χ1) is 6.77. The fourth-order valence-corrected chi connectivity index (χ4v) is 1.83. The number of hydrogen-bond donors (Lipinski definition) is 1. The Hall–Kier alpha value is -1.49. The van der Waals surface area contributed by atoms with Crippen molar-refractivity contribution in [2.45, 2.75) is 5.03 Å². The lowest BCUT2D eigenvalue weighted by molar-refractivity contribution is -0.133. The van der Waals surface area contributed by atoms with Gasteiger partial charge in [-0.2, -0.15) is 0 Å². The molecular formula is C9H7NO3S. The minimum absolute atomic E-state index is 0.0112. The quantitative estimate of drug-likeness (QED) is 0.783. The number of rotatable bonds is 3. The molecule has 4 nitrogen and oxygen atoms in total. The van der Waals surface area contributed by atoms with E-state index in [1.54, 1.807) is 24.6 Å². The molecule has 0 atom stereocenters. The Bertz CT molecular complexity index is 466. The van der Waals surface area contributed by atoms with Crippen LogP contribution >= 0.6 is 11.8 Å². The summed E-state index contributed by atoms with van der Waals surface area (Å²) in [7, 11) is 0. The number of carbonyl (C=O) groups is 1. The van der Waals surface area contributed by atoms with E-state index >= 15 is 0 Å². The minimum atomic E-state index is -0.850. The molecule has 0 saturated heterocycles. The third kappa shape index (κ3) is 1.72. The van der Waals surface area contributed by atoms with Crippen LogP contribution in [-0.2, 0) is 4.79 Å². The molecule has 2 heterocycles. The molecule has 1 N–H and O–H groups in total. The van der Waals surface area contributed by atoms with Crippen molar-refractivity contribution in [2.75, 3.05) is 5.75 Å². The summed E-state index contributed by atoms with van der Waals surface area (Å²) in [6.45, 7) is 0. The monoisotopic (exact) mass is 209 g/mol. The van der Waals surface area contributed by atoms with Crippen molar-refractivity contribution in [1.82, 2.24) is 4.98 Å². The molecule has 0 radical (unpaired) electrons. The van der Waals surface area contributed by atoms with Crippen molar-refractivity contribution in [3.63, 3.8) is 0 Å². The molecule has 72 valence electrons. The Morgan fingerprint density at radius 2 is 2.43 bits per heavy atom. The number of fused-ring (bicyclic) bond motifs is 1. The Labute approximate surface area is 83.9 Å². The fourth-order valence-electron chi connectivity index (χ4n) is 1.11. The molecule has 0 saturated carbocycles. The Morgan fingerprint density at radius 1 is 1.57 bits per heavy atom. The normalized spacial score (nSPS) is 10.6. The predicted molar refractivity (Wildman–Crippen MR) is 52.4 cm³/mol. The van der Waals surface area contributed by atoms with Gasteiger partial charge in [-0.1, -0.05) is 11.8 Å². The SMILES string of the molecule is O=C(O)CSc1nccc2occc12. The van der Waals surface area contributed by atoms with Crippen LogP contribution in [0.3, 0.4) is 0 Å². The number of carboxylic acid groups (broad SMARTS) is 1. The van der Waals surface area contributed by atoms with Crippen molar-refractivity contribution >= 4 is 28.7 Å². The lowest BCUT2D eigenvalue weighted by atomic mass is 10.3. The topological polar surface area (TPSA) is 63.3 Å². The number of furan rings is 1. The van der Waals surface area contributed by atoms with Crippen molar-refractivity contribution in [3.05, 3.63) is 24.6 Å². The summed E-state index contributed by atoms with van der Waals surface area (Å²) in [5.41, 5.74) is 0.730. The Kier molecular flexibility index (Phi) is 2.41. The van der Waals surface area contributed by atoms with Gasteiger partial charge in [-0.25, -0.2) is 4.98 Å². The van der Waals surface area contributed by atoms with Crippen LogP contribution in [0.5, 0.6) is 0 Å². The summed E-state index contributed by atoms with van der Waals surface area (Å²) in [6.07, 6.45) is 3.17. The molecule has 2 rings (SSSR count). The van der Waals surface area contributed by atoms with Crippen LogP contribution < -0.4 is 0 Å².